The Morgan fingerprint density at radius 1 is 1.21 bits per heavy atom. The lowest BCUT2D eigenvalue weighted by molar-refractivity contribution is -0.148. The molecule has 0 spiro atoms. The van der Waals surface area contributed by atoms with Crippen LogP contribution < -0.4 is 10.1 Å². The number of carbonyl (C=O) groups excluding carboxylic acids is 3. The summed E-state index contributed by atoms with van der Waals surface area (Å²) in [6.45, 7) is 0.293. The van der Waals surface area contributed by atoms with Crippen molar-refractivity contribution in [1.82, 2.24) is 10.2 Å². The van der Waals surface area contributed by atoms with E-state index in [-0.39, 0.29) is 29.6 Å². The lowest BCUT2D eigenvalue weighted by atomic mass is 9.81. The second-order valence-electron chi connectivity index (χ2n) is 7.37. The predicted molar refractivity (Wildman–Crippen MR) is 109 cm³/mol. The van der Waals surface area contributed by atoms with Crippen LogP contribution in [0.3, 0.4) is 0 Å². The van der Waals surface area contributed by atoms with Crippen molar-refractivity contribution in [2.45, 2.75) is 44.7 Å². The molecule has 3 rings (SSSR count). The molecule has 0 aromatic heterocycles. The number of amides is 3. The number of imide groups is 1. The third-order valence-electron chi connectivity index (χ3n) is 5.73. The van der Waals surface area contributed by atoms with Gasteiger partial charge in [-0.2, -0.15) is 11.8 Å². The summed E-state index contributed by atoms with van der Waals surface area (Å²) < 4.78 is 5.33. The Morgan fingerprint density at radius 2 is 1.86 bits per heavy atom. The molecule has 2 fully saturated rings. The van der Waals surface area contributed by atoms with Crippen LogP contribution in [0.2, 0.25) is 0 Å². The first-order chi connectivity index (χ1) is 13.6. The molecule has 1 aliphatic heterocycles. The molecule has 1 saturated carbocycles. The summed E-state index contributed by atoms with van der Waals surface area (Å²) >= 11 is 1.61. The molecule has 1 aliphatic carbocycles. The molecule has 2 aliphatic rings. The number of hydrogen-bond donors (Lipinski definition) is 1. The normalized spacial score (nSPS) is 22.7. The number of benzene rings is 1. The standard InChI is InChI=1S/C21H28N2O4S/c1-27-18-10-6-3-7-14(18)13-22-19(24)17(11-12-28-2)23-20(25)15-8-4-5-9-16(15)21(23)26/h3,6-7,10,15-17H,4-5,8-9,11-13H2,1-2H3,(H,22,24). The fourth-order valence-electron chi connectivity index (χ4n) is 4.25. The molecule has 7 heteroatoms. The van der Waals surface area contributed by atoms with Gasteiger partial charge in [0.05, 0.1) is 18.9 Å². The van der Waals surface area contributed by atoms with Crippen LogP contribution in [0.4, 0.5) is 0 Å². The number of thioether (sulfide) groups is 1. The van der Waals surface area contributed by atoms with Gasteiger partial charge in [-0.3, -0.25) is 19.3 Å². The molecular formula is C21H28N2O4S. The van der Waals surface area contributed by atoms with E-state index in [0.717, 1.165) is 31.2 Å². The lowest BCUT2D eigenvalue weighted by Gasteiger charge is -2.26. The van der Waals surface area contributed by atoms with Crippen molar-refractivity contribution < 1.29 is 19.1 Å². The third-order valence-corrected chi connectivity index (χ3v) is 6.37. The molecule has 0 bridgehead atoms. The zero-order valence-corrected chi connectivity index (χ0v) is 17.3. The van der Waals surface area contributed by atoms with E-state index < -0.39 is 6.04 Å². The van der Waals surface area contributed by atoms with E-state index in [1.807, 2.05) is 30.5 Å². The summed E-state index contributed by atoms with van der Waals surface area (Å²) in [5.41, 5.74) is 0.856. The molecule has 1 heterocycles. The van der Waals surface area contributed by atoms with Crippen LogP contribution in [-0.2, 0) is 20.9 Å². The Hall–Kier alpha value is -2.02. The smallest absolute Gasteiger partial charge is 0.243 e. The van der Waals surface area contributed by atoms with E-state index in [0.29, 0.717) is 24.5 Å². The largest absolute Gasteiger partial charge is 0.496 e. The van der Waals surface area contributed by atoms with Crippen LogP contribution in [-0.4, -0.2) is 47.8 Å². The Morgan fingerprint density at radius 3 is 2.46 bits per heavy atom. The van der Waals surface area contributed by atoms with Crippen molar-refractivity contribution >= 4 is 29.5 Å². The summed E-state index contributed by atoms with van der Waals surface area (Å²) in [6, 6.07) is 6.73. The van der Waals surface area contributed by atoms with Crippen LogP contribution in [0.1, 0.15) is 37.7 Å². The molecule has 0 radical (unpaired) electrons. The molecule has 1 aromatic carbocycles. The van der Waals surface area contributed by atoms with Crippen LogP contribution in [0, 0.1) is 11.8 Å². The maximum atomic E-state index is 13.0. The fourth-order valence-corrected chi connectivity index (χ4v) is 4.71. The van der Waals surface area contributed by atoms with Gasteiger partial charge in [0.25, 0.3) is 0 Å². The van der Waals surface area contributed by atoms with Gasteiger partial charge < -0.3 is 10.1 Å². The third kappa shape index (κ3) is 4.19. The van der Waals surface area contributed by atoms with Gasteiger partial charge in [0.2, 0.25) is 17.7 Å². The molecule has 28 heavy (non-hydrogen) atoms. The Bertz CT molecular complexity index is 715. The number of rotatable bonds is 8. The number of carbonyl (C=O) groups is 3. The highest BCUT2D eigenvalue weighted by Crippen LogP contribution is 2.39. The van der Waals surface area contributed by atoms with Crippen molar-refractivity contribution in [3.05, 3.63) is 29.8 Å². The summed E-state index contributed by atoms with van der Waals surface area (Å²) in [6.07, 6.45) is 5.88. The minimum atomic E-state index is -0.743. The van der Waals surface area contributed by atoms with Gasteiger partial charge in [-0.25, -0.2) is 0 Å². The first-order valence-corrected chi connectivity index (χ1v) is 11.2. The quantitative estimate of drug-likeness (QED) is 0.674. The highest BCUT2D eigenvalue weighted by atomic mass is 32.2. The number of ether oxygens (including phenoxy) is 1. The molecule has 1 saturated heterocycles. The SMILES string of the molecule is COc1ccccc1CNC(=O)C(CCSC)N1C(=O)C2CCCCC2C1=O. The average Bonchev–Trinajstić information content (AvgIpc) is 2.98. The van der Waals surface area contributed by atoms with Gasteiger partial charge >= 0.3 is 0 Å². The van der Waals surface area contributed by atoms with Gasteiger partial charge in [0, 0.05) is 12.1 Å². The summed E-state index contributed by atoms with van der Waals surface area (Å²) in [7, 11) is 1.59. The van der Waals surface area contributed by atoms with Crippen molar-refractivity contribution in [1.29, 1.82) is 0 Å². The fraction of sp³-hybridized carbons (Fsp3) is 0.571. The number of hydrogen-bond acceptors (Lipinski definition) is 5. The van der Waals surface area contributed by atoms with Gasteiger partial charge in [0.15, 0.2) is 0 Å². The van der Waals surface area contributed by atoms with Crippen molar-refractivity contribution in [2.24, 2.45) is 11.8 Å². The van der Waals surface area contributed by atoms with Crippen LogP contribution in [0.25, 0.3) is 0 Å². The molecule has 6 nitrogen and oxygen atoms in total. The topological polar surface area (TPSA) is 75.7 Å². The van der Waals surface area contributed by atoms with Crippen LogP contribution in [0.5, 0.6) is 5.75 Å². The van der Waals surface area contributed by atoms with Crippen molar-refractivity contribution in [3.63, 3.8) is 0 Å². The van der Waals surface area contributed by atoms with E-state index in [1.165, 1.54) is 4.90 Å². The number of nitrogens with zero attached hydrogens (tertiary/aromatic N) is 1. The van der Waals surface area contributed by atoms with E-state index >= 15 is 0 Å². The highest BCUT2D eigenvalue weighted by molar-refractivity contribution is 7.98. The lowest BCUT2D eigenvalue weighted by Crippen LogP contribution is -2.50. The molecule has 152 valence electrons. The molecule has 3 atom stereocenters. The monoisotopic (exact) mass is 404 g/mol. The number of nitrogens with one attached hydrogen (secondary N) is 1. The molecular weight excluding hydrogens is 376 g/mol. The number of methoxy groups -OCH3 is 1. The van der Waals surface area contributed by atoms with E-state index in [9.17, 15) is 14.4 Å². The van der Waals surface area contributed by atoms with Crippen LogP contribution in [0.15, 0.2) is 24.3 Å². The predicted octanol–water partition coefficient (Wildman–Crippen LogP) is 2.61. The van der Waals surface area contributed by atoms with Gasteiger partial charge in [-0.1, -0.05) is 31.0 Å². The molecule has 3 amide bonds. The zero-order chi connectivity index (χ0) is 20.1. The Labute approximate surface area is 170 Å². The number of para-hydroxylation sites is 1. The maximum absolute atomic E-state index is 13.0. The number of fused-ring (bicyclic) bond motifs is 1. The van der Waals surface area contributed by atoms with Gasteiger partial charge in [-0.05, 0) is 37.3 Å². The minimum absolute atomic E-state index is 0.159. The number of likely N-dealkylation sites (tertiary alicyclic amines) is 1. The molecule has 1 N–H and O–H groups in total. The van der Waals surface area contributed by atoms with Crippen molar-refractivity contribution in [3.8, 4) is 5.75 Å². The first-order valence-electron chi connectivity index (χ1n) is 9.84. The average molecular weight is 405 g/mol. The Balaban J connectivity index is 1.74. The first kappa shape index (κ1) is 20.7. The summed E-state index contributed by atoms with van der Waals surface area (Å²) in [5, 5.41) is 2.91. The minimum Gasteiger partial charge on any atom is -0.496 e. The van der Waals surface area contributed by atoms with E-state index in [2.05, 4.69) is 5.32 Å². The van der Waals surface area contributed by atoms with Crippen LogP contribution >= 0.6 is 11.8 Å². The summed E-state index contributed by atoms with van der Waals surface area (Å²) in [4.78, 5) is 40.1. The second-order valence-corrected chi connectivity index (χ2v) is 8.36. The zero-order valence-electron chi connectivity index (χ0n) is 16.5. The second kappa shape index (κ2) is 9.45. The Kier molecular flexibility index (Phi) is 6.99. The highest BCUT2D eigenvalue weighted by Gasteiger charge is 2.51. The van der Waals surface area contributed by atoms with Gasteiger partial charge in [-0.15, -0.1) is 0 Å². The van der Waals surface area contributed by atoms with Gasteiger partial charge in [0.1, 0.15) is 11.8 Å². The summed E-state index contributed by atoms with van der Waals surface area (Å²) in [5.74, 6) is 0.337. The van der Waals surface area contributed by atoms with Crippen molar-refractivity contribution in [2.75, 3.05) is 19.1 Å². The van der Waals surface area contributed by atoms with E-state index in [1.54, 1.807) is 18.9 Å². The maximum Gasteiger partial charge on any atom is 0.243 e. The van der Waals surface area contributed by atoms with E-state index in [4.69, 9.17) is 4.74 Å². The molecule has 1 aromatic rings. The molecule has 3 unspecified atom stereocenters.